The third-order valence-corrected chi connectivity index (χ3v) is 2.23. The van der Waals surface area contributed by atoms with Gasteiger partial charge in [0.2, 0.25) is 5.75 Å². The van der Waals surface area contributed by atoms with E-state index < -0.39 is 5.78 Å². The lowest BCUT2D eigenvalue weighted by Crippen LogP contribution is -2.04. The SMILES string of the molecule is COc1cc(CC(=O)C=O)cc(OC)c1OC. The van der Waals surface area contributed by atoms with E-state index in [2.05, 4.69) is 0 Å². The smallest absolute Gasteiger partial charge is 0.203 e. The van der Waals surface area contributed by atoms with Crippen LogP contribution >= 0.6 is 0 Å². The second-order valence-electron chi connectivity index (χ2n) is 3.29. The largest absolute Gasteiger partial charge is 0.493 e. The van der Waals surface area contributed by atoms with Crippen molar-refractivity contribution in [3.05, 3.63) is 17.7 Å². The molecule has 0 saturated carbocycles. The highest BCUT2D eigenvalue weighted by Crippen LogP contribution is 2.38. The molecule has 0 spiro atoms. The lowest BCUT2D eigenvalue weighted by atomic mass is 10.1. The third kappa shape index (κ3) is 2.96. The summed E-state index contributed by atoms with van der Waals surface area (Å²) in [6.45, 7) is 0. The Morgan fingerprint density at radius 3 is 2.00 bits per heavy atom. The van der Waals surface area contributed by atoms with E-state index in [9.17, 15) is 9.59 Å². The van der Waals surface area contributed by atoms with E-state index in [0.717, 1.165) is 0 Å². The summed E-state index contributed by atoms with van der Waals surface area (Å²) in [6.07, 6.45) is 0.309. The Balaban J connectivity index is 3.17. The van der Waals surface area contributed by atoms with Crippen LogP contribution in [0.1, 0.15) is 5.56 Å². The highest BCUT2D eigenvalue weighted by atomic mass is 16.5. The van der Waals surface area contributed by atoms with Gasteiger partial charge >= 0.3 is 0 Å². The Kier molecular flexibility index (Phi) is 4.51. The molecule has 0 bridgehead atoms. The first-order valence-corrected chi connectivity index (χ1v) is 4.93. The predicted molar refractivity (Wildman–Crippen MR) is 60.9 cm³/mol. The van der Waals surface area contributed by atoms with E-state index >= 15 is 0 Å². The first-order chi connectivity index (χ1) is 8.15. The topological polar surface area (TPSA) is 61.8 Å². The number of methoxy groups -OCH3 is 3. The molecule has 1 aromatic carbocycles. The minimum absolute atomic E-state index is 0.0141. The second-order valence-corrected chi connectivity index (χ2v) is 3.29. The fourth-order valence-corrected chi connectivity index (χ4v) is 1.48. The molecular weight excluding hydrogens is 224 g/mol. The molecule has 0 saturated heterocycles. The Morgan fingerprint density at radius 2 is 1.65 bits per heavy atom. The summed E-state index contributed by atoms with van der Waals surface area (Å²) in [6, 6.07) is 3.28. The Morgan fingerprint density at radius 1 is 1.12 bits per heavy atom. The van der Waals surface area contributed by atoms with E-state index in [1.54, 1.807) is 12.1 Å². The van der Waals surface area contributed by atoms with Crippen LogP contribution in [0.25, 0.3) is 0 Å². The van der Waals surface area contributed by atoms with E-state index in [4.69, 9.17) is 14.2 Å². The van der Waals surface area contributed by atoms with Gasteiger partial charge in [0.1, 0.15) is 0 Å². The predicted octanol–water partition coefficient (Wildman–Crippen LogP) is 1.02. The van der Waals surface area contributed by atoms with Crippen LogP contribution in [-0.4, -0.2) is 33.4 Å². The normalized spacial score (nSPS) is 9.59. The minimum Gasteiger partial charge on any atom is -0.493 e. The molecule has 0 fully saturated rings. The molecule has 0 aromatic heterocycles. The van der Waals surface area contributed by atoms with Crippen LogP contribution in [0.2, 0.25) is 0 Å². The zero-order valence-electron chi connectivity index (χ0n) is 9.98. The molecule has 1 aromatic rings. The molecule has 0 aliphatic rings. The van der Waals surface area contributed by atoms with E-state index in [0.29, 0.717) is 29.1 Å². The molecule has 0 amide bonds. The molecule has 0 atom stereocenters. The molecule has 0 heterocycles. The molecule has 92 valence electrons. The van der Waals surface area contributed by atoms with E-state index in [1.165, 1.54) is 21.3 Å². The average molecular weight is 238 g/mol. The molecule has 0 unspecified atom stereocenters. The number of rotatable bonds is 6. The molecule has 0 aliphatic carbocycles. The van der Waals surface area contributed by atoms with Crippen molar-refractivity contribution < 1.29 is 23.8 Å². The van der Waals surface area contributed by atoms with Gasteiger partial charge in [-0.2, -0.15) is 0 Å². The van der Waals surface area contributed by atoms with Gasteiger partial charge in [-0.1, -0.05) is 0 Å². The van der Waals surface area contributed by atoms with Crippen molar-refractivity contribution >= 4 is 12.1 Å². The molecule has 0 aliphatic heterocycles. The lowest BCUT2D eigenvalue weighted by Gasteiger charge is -2.13. The Labute approximate surface area is 99.3 Å². The summed E-state index contributed by atoms with van der Waals surface area (Å²) >= 11 is 0. The summed E-state index contributed by atoms with van der Waals surface area (Å²) in [4.78, 5) is 21.4. The summed E-state index contributed by atoms with van der Waals surface area (Å²) in [5.74, 6) is 0.873. The van der Waals surface area contributed by atoms with Crippen molar-refractivity contribution in [3.63, 3.8) is 0 Å². The zero-order chi connectivity index (χ0) is 12.8. The van der Waals surface area contributed by atoms with Crippen LogP contribution in [0, 0.1) is 0 Å². The van der Waals surface area contributed by atoms with Crippen LogP contribution in [-0.2, 0) is 16.0 Å². The van der Waals surface area contributed by atoms with E-state index in [-0.39, 0.29) is 6.42 Å². The van der Waals surface area contributed by atoms with Gasteiger partial charge in [-0.15, -0.1) is 0 Å². The monoisotopic (exact) mass is 238 g/mol. The maximum atomic E-state index is 11.1. The van der Waals surface area contributed by atoms with Crippen molar-refractivity contribution in [2.75, 3.05) is 21.3 Å². The number of hydrogen-bond donors (Lipinski definition) is 0. The van der Waals surface area contributed by atoms with Gasteiger partial charge in [0.25, 0.3) is 0 Å². The van der Waals surface area contributed by atoms with Gasteiger partial charge in [0.05, 0.1) is 21.3 Å². The highest BCUT2D eigenvalue weighted by molar-refractivity contribution is 6.25. The molecule has 0 N–H and O–H groups in total. The maximum Gasteiger partial charge on any atom is 0.203 e. The number of Topliss-reactive ketones (excluding diaryl/α,β-unsaturated/α-hetero) is 1. The van der Waals surface area contributed by atoms with Crippen molar-refractivity contribution in [1.29, 1.82) is 0 Å². The van der Waals surface area contributed by atoms with Gasteiger partial charge in [-0.05, 0) is 17.7 Å². The summed E-state index contributed by atoms with van der Waals surface area (Å²) in [5.41, 5.74) is 0.636. The van der Waals surface area contributed by atoms with Gasteiger partial charge in [-0.3, -0.25) is 9.59 Å². The number of ether oxygens (including phenoxy) is 3. The van der Waals surface area contributed by atoms with Crippen LogP contribution in [0.15, 0.2) is 12.1 Å². The van der Waals surface area contributed by atoms with Crippen LogP contribution < -0.4 is 14.2 Å². The van der Waals surface area contributed by atoms with Crippen LogP contribution in [0.5, 0.6) is 17.2 Å². The summed E-state index contributed by atoms with van der Waals surface area (Å²) < 4.78 is 15.4. The summed E-state index contributed by atoms with van der Waals surface area (Å²) in [5, 5.41) is 0. The lowest BCUT2D eigenvalue weighted by molar-refractivity contribution is -0.129. The molecular formula is C12H14O5. The second kappa shape index (κ2) is 5.89. The molecule has 1 rings (SSSR count). The maximum absolute atomic E-state index is 11.1. The minimum atomic E-state index is -0.501. The highest BCUT2D eigenvalue weighted by Gasteiger charge is 2.14. The van der Waals surface area contributed by atoms with Crippen LogP contribution in [0.4, 0.5) is 0 Å². The van der Waals surface area contributed by atoms with Gasteiger partial charge in [-0.25, -0.2) is 0 Å². The number of hydrogen-bond acceptors (Lipinski definition) is 5. The molecule has 5 nitrogen and oxygen atoms in total. The average Bonchev–Trinajstić information content (AvgIpc) is 2.37. The van der Waals surface area contributed by atoms with Crippen molar-refractivity contribution in [2.45, 2.75) is 6.42 Å². The third-order valence-electron chi connectivity index (χ3n) is 2.23. The van der Waals surface area contributed by atoms with Gasteiger partial charge in [0.15, 0.2) is 23.6 Å². The molecule has 17 heavy (non-hydrogen) atoms. The first kappa shape index (κ1) is 13.0. The Bertz CT molecular complexity index is 400. The van der Waals surface area contributed by atoms with E-state index in [1.807, 2.05) is 0 Å². The number of benzene rings is 1. The van der Waals surface area contributed by atoms with Crippen molar-refractivity contribution in [2.24, 2.45) is 0 Å². The van der Waals surface area contributed by atoms with Gasteiger partial charge in [0, 0.05) is 6.42 Å². The van der Waals surface area contributed by atoms with Crippen LogP contribution in [0.3, 0.4) is 0 Å². The number of aldehydes is 1. The molecule has 0 radical (unpaired) electrons. The number of carbonyl (C=O) groups is 2. The quantitative estimate of drug-likeness (QED) is 0.547. The van der Waals surface area contributed by atoms with Crippen molar-refractivity contribution in [3.8, 4) is 17.2 Å². The fraction of sp³-hybridized carbons (Fsp3) is 0.333. The first-order valence-electron chi connectivity index (χ1n) is 4.93. The standard InChI is InChI=1S/C12H14O5/c1-15-10-5-8(4-9(14)7-13)6-11(16-2)12(10)17-3/h5-7H,4H2,1-3H3. The number of carbonyl (C=O) groups excluding carboxylic acids is 2. The Hall–Kier alpha value is -2.04. The zero-order valence-corrected chi connectivity index (χ0v) is 9.98. The van der Waals surface area contributed by atoms with Crippen molar-refractivity contribution in [1.82, 2.24) is 0 Å². The molecule has 5 heteroatoms. The summed E-state index contributed by atoms with van der Waals surface area (Å²) in [7, 11) is 4.47. The fourth-order valence-electron chi connectivity index (χ4n) is 1.48. The van der Waals surface area contributed by atoms with Gasteiger partial charge < -0.3 is 14.2 Å². The number of ketones is 1.